The van der Waals surface area contributed by atoms with Crippen molar-refractivity contribution in [3.63, 3.8) is 0 Å². The minimum Gasteiger partial charge on any atom is -0.502 e. The Morgan fingerprint density at radius 1 is 1.05 bits per heavy atom. The quantitative estimate of drug-likeness (QED) is 0.300. The van der Waals surface area contributed by atoms with Gasteiger partial charge >= 0.3 is 5.32 Å². The van der Waals surface area contributed by atoms with Crippen LogP contribution in [-0.2, 0) is 0 Å². The number of aliphatic hydroxyl groups is 1. The van der Waals surface area contributed by atoms with E-state index in [1.165, 1.54) is 0 Å². The van der Waals surface area contributed by atoms with Gasteiger partial charge in [-0.25, -0.2) is 0 Å². The number of hydrogen-bond acceptors (Lipinski definition) is 2. The van der Waals surface area contributed by atoms with E-state index in [1.807, 2.05) is 19.9 Å². The summed E-state index contributed by atoms with van der Waals surface area (Å²) in [6, 6.07) is 0. The number of hydrogen-bond donors (Lipinski definition) is 1. The van der Waals surface area contributed by atoms with Crippen LogP contribution in [0.3, 0.4) is 0 Å². The van der Waals surface area contributed by atoms with Gasteiger partial charge in [0.25, 0.3) is 0 Å². The van der Waals surface area contributed by atoms with Gasteiger partial charge in [0.05, 0.1) is 0 Å². The maximum absolute atomic E-state index is 10.5. The molecule has 108 valence electrons. The first-order valence-corrected chi connectivity index (χ1v) is 9.33. The summed E-state index contributed by atoms with van der Waals surface area (Å²) in [5.74, 6) is 0.160. The molecule has 0 aliphatic rings. The van der Waals surface area contributed by atoms with Crippen LogP contribution in [0, 0.1) is 5.39 Å². The molecule has 0 aliphatic heterocycles. The molecule has 0 saturated carbocycles. The van der Waals surface area contributed by atoms with E-state index in [1.54, 1.807) is 0 Å². The third-order valence-electron chi connectivity index (χ3n) is 4.41. The van der Waals surface area contributed by atoms with Crippen LogP contribution < -0.4 is 0 Å². The molecule has 0 heterocycles. The van der Waals surface area contributed by atoms with Gasteiger partial charge in [0, 0.05) is 0 Å². The molecule has 0 aromatic rings. The summed E-state index contributed by atoms with van der Waals surface area (Å²) in [6.45, 7) is 16.8. The van der Waals surface area contributed by atoms with E-state index in [2.05, 4.69) is 46.5 Å². The molecule has 0 aromatic heterocycles. The van der Waals surface area contributed by atoms with Crippen molar-refractivity contribution >= 4 is 8.07 Å². The molecule has 0 fully saturated rings. The molecule has 3 nitrogen and oxygen atoms in total. The summed E-state index contributed by atoms with van der Waals surface area (Å²) < 4.78 is 0. The van der Waals surface area contributed by atoms with Crippen LogP contribution >= 0.6 is 0 Å². The molecule has 1 N–H and O–H groups in total. The highest BCUT2D eigenvalue weighted by molar-refractivity contribution is 6.90. The van der Waals surface area contributed by atoms with E-state index >= 15 is 0 Å². The smallest absolute Gasteiger partial charge is 0.368 e. The Kier molecular flexibility index (Phi) is 6.51. The minimum atomic E-state index is -2.13. The third kappa shape index (κ3) is 3.09. The fraction of sp³-hybridized carbons (Fsp3) is 0.733. The zero-order chi connectivity index (χ0) is 15.4. The maximum atomic E-state index is 10.5. The molecule has 4 heteroatoms. The number of allylic oxidation sites excluding steroid dienone is 2. The van der Waals surface area contributed by atoms with Crippen LogP contribution in [0.1, 0.15) is 55.4 Å². The molecule has 0 saturated heterocycles. The van der Waals surface area contributed by atoms with E-state index in [4.69, 9.17) is 0 Å². The second-order valence-corrected chi connectivity index (χ2v) is 12.0. The van der Waals surface area contributed by atoms with Gasteiger partial charge in [-0.2, -0.15) is 0 Å². The van der Waals surface area contributed by atoms with Crippen LogP contribution in [0.2, 0.25) is 16.6 Å². The van der Waals surface area contributed by atoms with E-state index in [-0.39, 0.29) is 5.76 Å². The van der Waals surface area contributed by atoms with Gasteiger partial charge in [0.15, 0.2) is 4.98 Å². The Bertz CT molecular complexity index is 393. The molecule has 0 radical (unpaired) electrons. The average molecular weight is 281 g/mol. The highest BCUT2D eigenvalue weighted by atomic mass is 28.3. The topological polar surface area (TPSA) is 48.4 Å². The lowest BCUT2D eigenvalue weighted by atomic mass is 10.2. The number of nitrogens with zero attached hydrogens (tertiary/aromatic N) is 2. The molecule has 0 spiro atoms. The van der Waals surface area contributed by atoms with E-state index < -0.39 is 8.07 Å². The van der Waals surface area contributed by atoms with Gasteiger partial charge in [-0.15, -0.1) is 0 Å². The Morgan fingerprint density at radius 2 is 1.42 bits per heavy atom. The Hall–Kier alpha value is -1.08. The first-order valence-electron chi connectivity index (χ1n) is 7.09. The van der Waals surface area contributed by atoms with Crippen LogP contribution in [0.4, 0.5) is 0 Å². The summed E-state index contributed by atoms with van der Waals surface area (Å²) in [7, 11) is -2.13. The maximum Gasteiger partial charge on any atom is 0.368 e. The summed E-state index contributed by atoms with van der Waals surface area (Å²) >= 11 is 0. The predicted octanol–water partition coefficient (Wildman–Crippen LogP) is 5.79. The molecular weight excluding hydrogens is 252 g/mol. The van der Waals surface area contributed by atoms with Crippen molar-refractivity contribution in [2.45, 2.75) is 72.0 Å². The monoisotopic (exact) mass is 281 g/mol. The Balaban J connectivity index is 6.37. The second-order valence-electron chi connectivity index (χ2n) is 6.17. The highest BCUT2D eigenvalue weighted by Gasteiger charge is 2.56. The average Bonchev–Trinajstić information content (AvgIpc) is 2.32. The van der Waals surface area contributed by atoms with Gasteiger partial charge in [0.2, 0.25) is 19.2 Å². The Labute approximate surface area is 119 Å². The molecule has 0 aromatic carbocycles. The van der Waals surface area contributed by atoms with Crippen molar-refractivity contribution in [2.75, 3.05) is 0 Å². The molecular formula is C15H29N2OSi+. The molecule has 0 bridgehead atoms. The first kappa shape index (κ1) is 17.9. The van der Waals surface area contributed by atoms with Gasteiger partial charge in [0.1, 0.15) is 0 Å². The lowest BCUT2D eigenvalue weighted by molar-refractivity contribution is 0.420. The van der Waals surface area contributed by atoms with Gasteiger partial charge < -0.3 is 5.11 Å². The largest absolute Gasteiger partial charge is 0.502 e. The molecule has 0 aliphatic carbocycles. The zero-order valence-electron chi connectivity index (χ0n) is 13.7. The lowest BCUT2D eigenvalue weighted by Gasteiger charge is -2.36. The zero-order valence-corrected chi connectivity index (χ0v) is 14.7. The van der Waals surface area contributed by atoms with Crippen molar-refractivity contribution in [1.82, 2.24) is 0 Å². The highest BCUT2D eigenvalue weighted by Crippen LogP contribution is 2.48. The standard InChI is InChI=1S/C15H28N2OSi/c1-9-13(8)14(18)15(17-16)19(10(2)3,11(4)5)12(6)7/h9-12H,1-8H3/p+1/b13-9+,15-14-. The van der Waals surface area contributed by atoms with E-state index in [0.29, 0.717) is 21.9 Å². The SMILES string of the molecule is C/C=C(C)/C(O)=C(\[N+]#N)[Si](C(C)C)(C(C)C)C(C)C. The van der Waals surface area contributed by atoms with E-state index in [0.717, 1.165) is 5.57 Å². The van der Waals surface area contributed by atoms with Crippen LogP contribution in [0.5, 0.6) is 0 Å². The van der Waals surface area contributed by atoms with Crippen molar-refractivity contribution in [3.8, 4) is 0 Å². The number of aliphatic hydroxyl groups excluding tert-OH is 1. The fourth-order valence-electron chi connectivity index (χ4n) is 3.48. The van der Waals surface area contributed by atoms with Crippen molar-refractivity contribution in [2.24, 2.45) is 0 Å². The number of diazo groups is 1. The summed E-state index contributed by atoms with van der Waals surface area (Å²) in [6.07, 6.45) is 1.85. The van der Waals surface area contributed by atoms with Gasteiger partial charge in [-0.05, 0) is 36.0 Å². The predicted molar refractivity (Wildman–Crippen MR) is 85.2 cm³/mol. The molecule has 0 rings (SSSR count). The summed E-state index contributed by atoms with van der Waals surface area (Å²) in [4.78, 5) is 3.54. The molecule has 0 amide bonds. The van der Waals surface area contributed by atoms with Crippen molar-refractivity contribution in [3.05, 3.63) is 27.7 Å². The first-order chi connectivity index (χ1) is 8.67. The summed E-state index contributed by atoms with van der Waals surface area (Å²) in [5, 5.41) is 20.5. The molecule has 19 heavy (non-hydrogen) atoms. The van der Waals surface area contributed by atoms with E-state index in [9.17, 15) is 10.5 Å². The fourth-order valence-corrected chi connectivity index (χ4v) is 9.90. The molecule has 0 atom stereocenters. The van der Waals surface area contributed by atoms with Crippen LogP contribution in [0.15, 0.2) is 22.7 Å². The van der Waals surface area contributed by atoms with Crippen LogP contribution in [-0.4, -0.2) is 13.2 Å². The third-order valence-corrected chi connectivity index (χ3v) is 11.3. The van der Waals surface area contributed by atoms with Crippen molar-refractivity contribution in [1.29, 1.82) is 5.39 Å². The Morgan fingerprint density at radius 3 is 1.63 bits per heavy atom. The van der Waals surface area contributed by atoms with Crippen LogP contribution in [0.25, 0.3) is 4.98 Å². The van der Waals surface area contributed by atoms with Crippen molar-refractivity contribution < 1.29 is 5.11 Å². The number of rotatable bonds is 5. The normalized spacial score (nSPS) is 14.9. The lowest BCUT2D eigenvalue weighted by Crippen LogP contribution is -2.46. The summed E-state index contributed by atoms with van der Waals surface area (Å²) in [5.41, 5.74) is 1.95. The molecule has 0 unspecified atom stereocenters. The minimum absolute atomic E-state index is 0.160. The second kappa shape index (κ2) is 6.90. The van der Waals surface area contributed by atoms with Gasteiger partial charge in [-0.3, -0.25) is 0 Å². The van der Waals surface area contributed by atoms with Gasteiger partial charge in [-0.1, -0.05) is 47.6 Å².